The van der Waals surface area contributed by atoms with Crippen molar-refractivity contribution in [1.82, 2.24) is 4.72 Å². The lowest BCUT2D eigenvalue weighted by Crippen LogP contribution is -2.40. The van der Waals surface area contributed by atoms with E-state index in [1.165, 1.54) is 19.2 Å². The van der Waals surface area contributed by atoms with Crippen molar-refractivity contribution in [3.63, 3.8) is 0 Å². The van der Waals surface area contributed by atoms with Gasteiger partial charge in [0.25, 0.3) is 5.69 Å². The molecule has 1 saturated carbocycles. The van der Waals surface area contributed by atoms with E-state index in [-0.39, 0.29) is 22.1 Å². The maximum Gasteiger partial charge on any atom is 0.289 e. The van der Waals surface area contributed by atoms with Gasteiger partial charge in [0, 0.05) is 19.2 Å². The van der Waals surface area contributed by atoms with E-state index in [9.17, 15) is 18.5 Å². The van der Waals surface area contributed by atoms with E-state index in [0.29, 0.717) is 6.42 Å². The summed E-state index contributed by atoms with van der Waals surface area (Å²) in [6.45, 7) is 0. The van der Waals surface area contributed by atoms with E-state index in [1.54, 1.807) is 0 Å². The first-order valence-corrected chi connectivity index (χ1v) is 8.20. The van der Waals surface area contributed by atoms with Crippen molar-refractivity contribution in [2.24, 2.45) is 0 Å². The topological polar surface area (TPSA) is 98.5 Å². The Morgan fingerprint density at radius 1 is 1.43 bits per heavy atom. The molecule has 9 heteroatoms. The standard InChI is InChI=1S/C12H15ClN2O5S/c1-20-12-4-2-3-10(12)14-21(18,19)8-5-6-9(13)11(7-8)15(16)17/h5-7,10,12,14H,2-4H2,1H3. The van der Waals surface area contributed by atoms with Crippen LogP contribution >= 0.6 is 11.6 Å². The minimum Gasteiger partial charge on any atom is -0.380 e. The number of methoxy groups -OCH3 is 1. The lowest BCUT2D eigenvalue weighted by molar-refractivity contribution is -0.384. The lowest BCUT2D eigenvalue weighted by atomic mass is 10.2. The molecule has 1 aromatic carbocycles. The molecule has 1 fully saturated rings. The number of hydrogen-bond donors (Lipinski definition) is 1. The Morgan fingerprint density at radius 3 is 2.76 bits per heavy atom. The summed E-state index contributed by atoms with van der Waals surface area (Å²) in [6.07, 6.45) is 2.15. The Morgan fingerprint density at radius 2 is 2.14 bits per heavy atom. The smallest absolute Gasteiger partial charge is 0.289 e. The van der Waals surface area contributed by atoms with Crippen LogP contribution in [0.15, 0.2) is 23.1 Å². The molecule has 0 heterocycles. The zero-order valence-corrected chi connectivity index (χ0v) is 12.9. The lowest BCUT2D eigenvalue weighted by Gasteiger charge is -2.19. The molecule has 0 radical (unpaired) electrons. The van der Waals surface area contributed by atoms with E-state index in [2.05, 4.69) is 4.72 Å². The number of halogens is 1. The minimum absolute atomic E-state index is 0.102. The van der Waals surface area contributed by atoms with Gasteiger partial charge in [-0.15, -0.1) is 0 Å². The van der Waals surface area contributed by atoms with E-state index < -0.39 is 20.6 Å². The molecule has 2 unspecified atom stereocenters. The molecule has 1 aromatic rings. The third-order valence-corrected chi connectivity index (χ3v) is 5.29. The highest BCUT2D eigenvalue weighted by molar-refractivity contribution is 7.89. The molecule has 2 rings (SSSR count). The first-order valence-electron chi connectivity index (χ1n) is 6.34. The van der Waals surface area contributed by atoms with Gasteiger partial charge in [0.1, 0.15) is 5.02 Å². The average molecular weight is 335 g/mol. The van der Waals surface area contributed by atoms with Crippen molar-refractivity contribution in [1.29, 1.82) is 0 Å². The van der Waals surface area contributed by atoms with Crippen LogP contribution in [0.2, 0.25) is 5.02 Å². The molecule has 0 amide bonds. The molecule has 21 heavy (non-hydrogen) atoms. The molecule has 1 aliphatic carbocycles. The fraction of sp³-hybridized carbons (Fsp3) is 0.500. The van der Waals surface area contributed by atoms with Crippen molar-refractivity contribution in [2.75, 3.05) is 7.11 Å². The molecule has 0 spiro atoms. The Kier molecular flexibility index (Phi) is 4.82. The number of benzene rings is 1. The highest BCUT2D eigenvalue weighted by atomic mass is 35.5. The maximum absolute atomic E-state index is 12.3. The van der Waals surface area contributed by atoms with Gasteiger partial charge in [-0.2, -0.15) is 0 Å². The van der Waals surface area contributed by atoms with E-state index in [4.69, 9.17) is 16.3 Å². The Balaban J connectivity index is 2.27. The van der Waals surface area contributed by atoms with Gasteiger partial charge >= 0.3 is 0 Å². The van der Waals surface area contributed by atoms with Crippen molar-refractivity contribution >= 4 is 27.3 Å². The number of sulfonamides is 1. The summed E-state index contributed by atoms with van der Waals surface area (Å²) in [7, 11) is -2.32. The predicted octanol–water partition coefficient (Wildman–Crippen LogP) is 2.09. The number of nitro groups is 1. The van der Waals surface area contributed by atoms with Gasteiger partial charge < -0.3 is 4.74 Å². The summed E-state index contributed by atoms with van der Waals surface area (Å²) >= 11 is 5.68. The molecule has 0 saturated heterocycles. The fourth-order valence-electron chi connectivity index (χ4n) is 2.41. The average Bonchev–Trinajstić information content (AvgIpc) is 2.85. The van der Waals surface area contributed by atoms with E-state index >= 15 is 0 Å². The zero-order chi connectivity index (χ0) is 15.6. The number of ether oxygens (including phenoxy) is 1. The van der Waals surface area contributed by atoms with Gasteiger partial charge in [0.15, 0.2) is 0 Å². The van der Waals surface area contributed by atoms with E-state index in [0.717, 1.165) is 18.9 Å². The molecule has 1 aliphatic rings. The number of nitro benzene ring substituents is 1. The molecule has 116 valence electrons. The molecule has 0 aromatic heterocycles. The van der Waals surface area contributed by atoms with Crippen LogP contribution in [0.25, 0.3) is 0 Å². The van der Waals surface area contributed by atoms with Gasteiger partial charge in [0.2, 0.25) is 10.0 Å². The van der Waals surface area contributed by atoms with Crippen LogP contribution in [0.1, 0.15) is 19.3 Å². The monoisotopic (exact) mass is 334 g/mol. The maximum atomic E-state index is 12.3. The fourth-order valence-corrected chi connectivity index (χ4v) is 3.91. The van der Waals surface area contributed by atoms with Gasteiger partial charge in [0.05, 0.1) is 15.9 Å². The second kappa shape index (κ2) is 6.27. The van der Waals surface area contributed by atoms with Gasteiger partial charge in [-0.1, -0.05) is 11.6 Å². The third kappa shape index (κ3) is 3.52. The number of nitrogens with zero attached hydrogens (tertiary/aromatic N) is 1. The first kappa shape index (κ1) is 16.2. The minimum atomic E-state index is -3.85. The second-order valence-electron chi connectivity index (χ2n) is 4.80. The number of rotatable bonds is 5. The predicted molar refractivity (Wildman–Crippen MR) is 76.9 cm³/mol. The molecule has 2 atom stereocenters. The summed E-state index contributed by atoms with van der Waals surface area (Å²) in [4.78, 5) is 9.94. The van der Waals surface area contributed by atoms with Crippen LogP contribution in [0.3, 0.4) is 0 Å². The van der Waals surface area contributed by atoms with Crippen LogP contribution in [0.4, 0.5) is 5.69 Å². The van der Waals surface area contributed by atoms with Crippen molar-refractivity contribution in [2.45, 2.75) is 36.3 Å². The summed E-state index contributed by atoms with van der Waals surface area (Å²) in [5.41, 5.74) is -0.436. The first-order chi connectivity index (χ1) is 9.85. The molecule has 0 aliphatic heterocycles. The Bertz CT molecular complexity index is 649. The van der Waals surface area contributed by atoms with Crippen LogP contribution in [0, 0.1) is 10.1 Å². The summed E-state index contributed by atoms with van der Waals surface area (Å²) in [6, 6.07) is 3.08. The Labute approximate surface area is 127 Å². The SMILES string of the molecule is COC1CCCC1NS(=O)(=O)c1ccc(Cl)c([N+](=O)[O-])c1. The van der Waals surface area contributed by atoms with Gasteiger partial charge in [-0.25, -0.2) is 13.1 Å². The molecular weight excluding hydrogens is 320 g/mol. The zero-order valence-electron chi connectivity index (χ0n) is 11.3. The van der Waals surface area contributed by atoms with Crippen LogP contribution < -0.4 is 4.72 Å². The third-order valence-electron chi connectivity index (χ3n) is 3.49. The molecule has 7 nitrogen and oxygen atoms in total. The number of nitrogens with one attached hydrogen (secondary N) is 1. The highest BCUT2D eigenvalue weighted by Crippen LogP contribution is 2.28. The van der Waals surface area contributed by atoms with Crippen molar-refractivity contribution < 1.29 is 18.1 Å². The normalized spacial score (nSPS) is 22.4. The van der Waals surface area contributed by atoms with Crippen molar-refractivity contribution in [3.05, 3.63) is 33.3 Å². The molecular formula is C12H15ClN2O5S. The van der Waals surface area contributed by atoms with Crippen molar-refractivity contribution in [3.8, 4) is 0 Å². The summed E-state index contributed by atoms with van der Waals surface area (Å²) in [5.74, 6) is 0. The van der Waals surface area contributed by atoms with E-state index in [1.807, 2.05) is 0 Å². The highest BCUT2D eigenvalue weighted by Gasteiger charge is 2.32. The van der Waals surface area contributed by atoms with Crippen LogP contribution in [0.5, 0.6) is 0 Å². The quantitative estimate of drug-likeness (QED) is 0.656. The van der Waals surface area contributed by atoms with Crippen LogP contribution in [-0.2, 0) is 14.8 Å². The summed E-state index contributed by atoms with van der Waals surface area (Å²) < 4.78 is 32.4. The molecule has 1 N–H and O–H groups in total. The second-order valence-corrected chi connectivity index (χ2v) is 6.92. The van der Waals surface area contributed by atoms with Crippen LogP contribution in [-0.4, -0.2) is 32.6 Å². The van der Waals surface area contributed by atoms with Gasteiger partial charge in [-0.05, 0) is 31.4 Å². The van der Waals surface area contributed by atoms with Gasteiger partial charge in [-0.3, -0.25) is 10.1 Å². The molecule has 0 bridgehead atoms. The summed E-state index contributed by atoms with van der Waals surface area (Å²) in [5, 5.41) is 10.7. The Hall–Kier alpha value is -1.22. The largest absolute Gasteiger partial charge is 0.380 e. The number of hydrogen-bond acceptors (Lipinski definition) is 5.